The summed E-state index contributed by atoms with van der Waals surface area (Å²) in [5, 5.41) is 20.8. The Bertz CT molecular complexity index is 1350. The fourth-order valence-corrected chi connectivity index (χ4v) is 4.93. The second kappa shape index (κ2) is 9.01. The van der Waals surface area contributed by atoms with Crippen molar-refractivity contribution in [3.63, 3.8) is 0 Å². The molecule has 0 radical (unpaired) electrons. The molecular weight excluding hydrogens is 403 g/mol. The van der Waals surface area contributed by atoms with E-state index in [1.807, 2.05) is 12.1 Å². The van der Waals surface area contributed by atoms with Crippen molar-refractivity contribution >= 4 is 12.6 Å². The van der Waals surface area contributed by atoms with Gasteiger partial charge in [-0.15, -0.1) is 0 Å². The van der Waals surface area contributed by atoms with E-state index in [4.69, 9.17) is 0 Å². The number of hydrogen-bond donors (Lipinski definition) is 2. The van der Waals surface area contributed by atoms with E-state index in [0.717, 1.165) is 44.5 Å². The molecule has 0 atom stereocenters. The lowest BCUT2D eigenvalue weighted by Crippen LogP contribution is -2.32. The first-order valence-electron chi connectivity index (χ1n) is 11.4. The Morgan fingerprint density at radius 2 is 0.848 bits per heavy atom. The highest BCUT2D eigenvalue weighted by Gasteiger charge is 2.25. The van der Waals surface area contributed by atoms with Gasteiger partial charge in [-0.3, -0.25) is 0 Å². The Labute approximate surface area is 197 Å². The molecule has 0 heterocycles. The molecule has 166 valence electrons. The van der Waals surface area contributed by atoms with Crippen molar-refractivity contribution in [3.8, 4) is 33.4 Å². The van der Waals surface area contributed by atoms with Gasteiger partial charge in [-0.25, -0.2) is 0 Å². The predicted molar refractivity (Wildman–Crippen MR) is 141 cm³/mol. The highest BCUT2D eigenvalue weighted by Crippen LogP contribution is 2.42. The van der Waals surface area contributed by atoms with E-state index < -0.39 is 7.12 Å². The van der Waals surface area contributed by atoms with Crippen molar-refractivity contribution in [2.45, 2.75) is 41.5 Å². The minimum atomic E-state index is -1.57. The maximum atomic E-state index is 10.4. The predicted octanol–water partition coefficient (Wildman–Crippen LogP) is 6.22. The highest BCUT2D eigenvalue weighted by molar-refractivity contribution is 6.61. The molecule has 0 spiro atoms. The van der Waals surface area contributed by atoms with E-state index in [9.17, 15) is 10.0 Å². The second-order valence-corrected chi connectivity index (χ2v) is 9.28. The molecule has 0 amide bonds. The summed E-state index contributed by atoms with van der Waals surface area (Å²) >= 11 is 0. The van der Waals surface area contributed by atoms with E-state index in [0.29, 0.717) is 5.46 Å². The first-order valence-corrected chi connectivity index (χ1v) is 11.4. The van der Waals surface area contributed by atoms with Gasteiger partial charge >= 0.3 is 7.12 Å². The van der Waals surface area contributed by atoms with Crippen molar-refractivity contribution in [3.05, 3.63) is 100 Å². The molecule has 0 saturated heterocycles. The summed E-state index contributed by atoms with van der Waals surface area (Å²) in [5.74, 6) is 0. The largest absolute Gasteiger partial charge is 0.489 e. The third kappa shape index (κ3) is 4.39. The van der Waals surface area contributed by atoms with Crippen LogP contribution in [0.25, 0.3) is 33.4 Å². The van der Waals surface area contributed by atoms with Gasteiger partial charge in [-0.1, -0.05) is 83.4 Å². The fraction of sp³-hybridized carbons (Fsp3) is 0.200. The van der Waals surface area contributed by atoms with Gasteiger partial charge < -0.3 is 10.0 Å². The molecular formula is C30H31BO2. The normalized spacial score (nSPS) is 11.0. The minimum Gasteiger partial charge on any atom is -0.423 e. The van der Waals surface area contributed by atoms with Gasteiger partial charge in [0.25, 0.3) is 0 Å². The average molecular weight is 434 g/mol. The van der Waals surface area contributed by atoms with Gasteiger partial charge in [0, 0.05) is 0 Å². The Morgan fingerprint density at radius 1 is 0.455 bits per heavy atom. The van der Waals surface area contributed by atoms with E-state index in [2.05, 4.69) is 96.1 Å². The molecule has 2 N–H and O–H groups in total. The fourth-order valence-electron chi connectivity index (χ4n) is 4.93. The molecule has 0 aromatic heterocycles. The van der Waals surface area contributed by atoms with Crippen molar-refractivity contribution in [1.29, 1.82) is 0 Å². The molecule has 33 heavy (non-hydrogen) atoms. The third-order valence-electron chi connectivity index (χ3n) is 6.49. The molecule has 2 nitrogen and oxygen atoms in total. The summed E-state index contributed by atoms with van der Waals surface area (Å²) in [5.41, 5.74) is 13.9. The smallest absolute Gasteiger partial charge is 0.423 e. The summed E-state index contributed by atoms with van der Waals surface area (Å²) in [7, 11) is -1.57. The van der Waals surface area contributed by atoms with Crippen molar-refractivity contribution in [1.82, 2.24) is 0 Å². The van der Waals surface area contributed by atoms with Crippen LogP contribution in [0.3, 0.4) is 0 Å². The first kappa shape index (κ1) is 23.0. The summed E-state index contributed by atoms with van der Waals surface area (Å²) in [6.45, 7) is 12.6. The van der Waals surface area contributed by atoms with Gasteiger partial charge in [0.1, 0.15) is 0 Å². The van der Waals surface area contributed by atoms with Crippen LogP contribution in [0.15, 0.2) is 66.7 Å². The first-order chi connectivity index (χ1) is 15.7. The maximum absolute atomic E-state index is 10.4. The molecule has 0 aliphatic rings. The summed E-state index contributed by atoms with van der Waals surface area (Å²) in [6, 6.07) is 23.2. The lowest BCUT2D eigenvalue weighted by Gasteiger charge is -2.23. The molecule has 4 aromatic rings. The van der Waals surface area contributed by atoms with Crippen molar-refractivity contribution in [2.75, 3.05) is 0 Å². The SMILES string of the molecule is Cc1ccc(-c2ccc(B(O)O)c(-c3ccc(C)cc3C)c2-c2ccc(C)cc2C)c(C)c1. The van der Waals surface area contributed by atoms with Crippen LogP contribution < -0.4 is 5.46 Å². The topological polar surface area (TPSA) is 40.5 Å². The lowest BCUT2D eigenvalue weighted by atomic mass is 9.70. The maximum Gasteiger partial charge on any atom is 0.489 e. The molecule has 3 heteroatoms. The van der Waals surface area contributed by atoms with Gasteiger partial charge in [-0.2, -0.15) is 0 Å². The molecule has 4 aromatic carbocycles. The van der Waals surface area contributed by atoms with Crippen LogP contribution in [-0.2, 0) is 0 Å². The molecule has 0 saturated carbocycles. The van der Waals surface area contributed by atoms with Crippen LogP contribution in [0.1, 0.15) is 33.4 Å². The zero-order chi connectivity index (χ0) is 23.9. The van der Waals surface area contributed by atoms with Crippen LogP contribution in [0.4, 0.5) is 0 Å². The number of rotatable bonds is 4. The van der Waals surface area contributed by atoms with Gasteiger partial charge in [0.15, 0.2) is 0 Å². The Morgan fingerprint density at radius 3 is 1.27 bits per heavy atom. The monoisotopic (exact) mass is 434 g/mol. The van der Waals surface area contributed by atoms with E-state index in [-0.39, 0.29) is 0 Å². The molecule has 0 fully saturated rings. The van der Waals surface area contributed by atoms with E-state index >= 15 is 0 Å². The Kier molecular flexibility index (Phi) is 6.29. The number of benzene rings is 4. The third-order valence-corrected chi connectivity index (χ3v) is 6.49. The highest BCUT2D eigenvalue weighted by atomic mass is 16.4. The van der Waals surface area contributed by atoms with Crippen molar-refractivity contribution < 1.29 is 10.0 Å². The molecule has 4 rings (SSSR count). The van der Waals surface area contributed by atoms with Crippen LogP contribution in [0.5, 0.6) is 0 Å². The van der Waals surface area contributed by atoms with Crippen LogP contribution >= 0.6 is 0 Å². The number of hydrogen-bond acceptors (Lipinski definition) is 2. The van der Waals surface area contributed by atoms with Gasteiger partial charge in [0.05, 0.1) is 0 Å². The van der Waals surface area contributed by atoms with Gasteiger partial charge in [-0.05, 0) is 97.1 Å². The minimum absolute atomic E-state index is 0.519. The quantitative estimate of drug-likeness (QED) is 0.375. The van der Waals surface area contributed by atoms with Crippen molar-refractivity contribution in [2.24, 2.45) is 0 Å². The van der Waals surface area contributed by atoms with E-state index in [1.165, 1.54) is 22.3 Å². The molecule has 0 aliphatic carbocycles. The van der Waals surface area contributed by atoms with Crippen LogP contribution in [0.2, 0.25) is 0 Å². The average Bonchev–Trinajstić information content (AvgIpc) is 2.73. The summed E-state index contributed by atoms with van der Waals surface area (Å²) < 4.78 is 0. The summed E-state index contributed by atoms with van der Waals surface area (Å²) in [4.78, 5) is 0. The zero-order valence-corrected chi connectivity index (χ0v) is 20.3. The molecule has 0 aliphatic heterocycles. The Balaban J connectivity index is 2.19. The van der Waals surface area contributed by atoms with Gasteiger partial charge in [0.2, 0.25) is 0 Å². The standard InChI is InChI=1S/C30H31BO2/c1-18-7-10-24(21(4)15-18)27-13-14-28(31(32)33)30(26-12-9-20(3)17-23(26)6)29(27)25-11-8-19(2)16-22(25)5/h7-17,32-33H,1-6H3. The lowest BCUT2D eigenvalue weighted by molar-refractivity contribution is 0.426. The second-order valence-electron chi connectivity index (χ2n) is 9.28. The molecule has 0 bridgehead atoms. The van der Waals surface area contributed by atoms with E-state index in [1.54, 1.807) is 0 Å². The zero-order valence-electron chi connectivity index (χ0n) is 20.3. The number of aryl methyl sites for hydroxylation is 6. The Hall–Kier alpha value is -3.14. The molecule has 0 unspecified atom stereocenters. The van der Waals surface area contributed by atoms with Crippen LogP contribution in [0, 0.1) is 41.5 Å². The van der Waals surface area contributed by atoms with Crippen LogP contribution in [-0.4, -0.2) is 17.2 Å². The summed E-state index contributed by atoms with van der Waals surface area (Å²) in [6.07, 6.45) is 0.